The number of nitrogens with zero attached hydrogens (tertiary/aromatic N) is 2. The van der Waals surface area contributed by atoms with Crippen LogP contribution in [0.5, 0.6) is 0 Å². The largest absolute Gasteiger partial charge is 0.385 e. The van der Waals surface area contributed by atoms with E-state index in [1.165, 1.54) is 0 Å². The van der Waals surface area contributed by atoms with Crippen molar-refractivity contribution in [3.8, 4) is 0 Å². The maximum absolute atomic E-state index is 4.10. The number of pyridine rings is 2. The Kier molecular flexibility index (Phi) is 7.82. The van der Waals surface area contributed by atoms with Gasteiger partial charge in [-0.05, 0) is 11.0 Å². The molecular formula is C11H12N2Y-2. The zero-order chi connectivity index (χ0) is 9.52. The molecule has 0 N–H and O–H groups in total. The van der Waals surface area contributed by atoms with Gasteiger partial charge in [0.2, 0.25) is 0 Å². The molecule has 2 heterocycles. The monoisotopic (exact) mass is 261 g/mol. The van der Waals surface area contributed by atoms with Gasteiger partial charge in [-0.1, -0.05) is 18.3 Å². The molecule has 2 nitrogen and oxygen atoms in total. The third kappa shape index (κ3) is 4.25. The molecule has 0 aromatic carbocycles. The quantitative estimate of drug-likeness (QED) is 0.681. The Hall–Kier alpha value is -0.336. The zero-order valence-electron chi connectivity index (χ0n) is 8.44. The van der Waals surface area contributed by atoms with Gasteiger partial charge in [-0.2, -0.15) is 19.9 Å². The Labute approximate surface area is 110 Å². The van der Waals surface area contributed by atoms with Gasteiger partial charge in [0.15, 0.2) is 0 Å². The average Bonchev–Trinajstić information content (AvgIpc) is 2.19. The number of hydrogen-bond donors (Lipinski definition) is 0. The standard InChI is InChI=1S/C8H5N2.C3H7.Y/c1-3-7-8(9-5-1)4-2-6-10-7;1-3-2;/h1-5H;3H,1-2H3;/q2*-1;. The normalized spacial score (nSPS) is 8.43. The molecule has 0 unspecified atom stereocenters. The summed E-state index contributed by atoms with van der Waals surface area (Å²) >= 11 is 0. The van der Waals surface area contributed by atoms with Crippen LogP contribution < -0.4 is 0 Å². The molecule has 0 saturated carbocycles. The van der Waals surface area contributed by atoms with Gasteiger partial charge in [0, 0.05) is 38.9 Å². The maximum atomic E-state index is 4.10. The van der Waals surface area contributed by atoms with E-state index in [2.05, 4.69) is 16.2 Å². The van der Waals surface area contributed by atoms with E-state index in [0.717, 1.165) is 11.0 Å². The molecule has 0 bridgehead atoms. The number of aromatic nitrogens is 2. The maximum Gasteiger partial charge on any atom is 0.0240 e. The molecule has 71 valence electrons. The summed E-state index contributed by atoms with van der Waals surface area (Å²) in [5.74, 6) is 0. The Balaban J connectivity index is 0.000000381. The molecule has 0 saturated heterocycles. The Morgan fingerprint density at radius 1 is 1.21 bits per heavy atom. The number of rotatable bonds is 0. The Bertz CT molecular complexity index is 297. The second-order valence-electron chi connectivity index (χ2n) is 2.56. The van der Waals surface area contributed by atoms with Crippen molar-refractivity contribution in [1.29, 1.82) is 0 Å². The van der Waals surface area contributed by atoms with Crippen LogP contribution in [0.25, 0.3) is 11.0 Å². The van der Waals surface area contributed by atoms with Crippen molar-refractivity contribution in [1.82, 2.24) is 9.97 Å². The second kappa shape index (κ2) is 8.01. The summed E-state index contributed by atoms with van der Waals surface area (Å²) < 4.78 is 0. The minimum atomic E-state index is 0. The van der Waals surface area contributed by atoms with Crippen molar-refractivity contribution in [2.45, 2.75) is 13.8 Å². The molecule has 14 heavy (non-hydrogen) atoms. The fraction of sp³-hybridized carbons (Fsp3) is 0.182. The molecule has 2 rings (SSSR count). The van der Waals surface area contributed by atoms with Crippen molar-refractivity contribution < 1.29 is 32.7 Å². The van der Waals surface area contributed by atoms with Gasteiger partial charge < -0.3 is 11.4 Å². The van der Waals surface area contributed by atoms with Gasteiger partial charge in [0.25, 0.3) is 0 Å². The van der Waals surface area contributed by atoms with Crippen LogP contribution in [0.15, 0.2) is 30.5 Å². The Morgan fingerprint density at radius 3 is 2.57 bits per heavy atom. The molecule has 0 aliphatic carbocycles. The topological polar surface area (TPSA) is 25.8 Å². The van der Waals surface area contributed by atoms with E-state index in [0.29, 0.717) is 0 Å². The van der Waals surface area contributed by atoms with Crippen molar-refractivity contribution in [3.63, 3.8) is 0 Å². The second-order valence-corrected chi connectivity index (χ2v) is 2.56. The summed E-state index contributed by atoms with van der Waals surface area (Å²) in [6.07, 6.45) is 6.50. The van der Waals surface area contributed by atoms with Crippen molar-refractivity contribution in [2.75, 3.05) is 0 Å². The van der Waals surface area contributed by atoms with E-state index in [1.807, 2.05) is 38.5 Å². The summed E-state index contributed by atoms with van der Waals surface area (Å²) in [5.41, 5.74) is 1.81. The summed E-state index contributed by atoms with van der Waals surface area (Å²) in [5, 5.41) is 0. The third-order valence-corrected chi connectivity index (χ3v) is 1.32. The van der Waals surface area contributed by atoms with Gasteiger partial charge in [-0.3, -0.25) is 4.98 Å². The minimum absolute atomic E-state index is 0. The van der Waals surface area contributed by atoms with Crippen LogP contribution in [0.2, 0.25) is 0 Å². The average molecular weight is 261 g/mol. The molecule has 0 spiro atoms. The van der Waals surface area contributed by atoms with Crippen LogP contribution in [0.1, 0.15) is 13.8 Å². The van der Waals surface area contributed by atoms with Crippen LogP contribution in [0.4, 0.5) is 0 Å². The van der Waals surface area contributed by atoms with Crippen LogP contribution in [-0.2, 0) is 32.7 Å². The third-order valence-electron chi connectivity index (χ3n) is 1.32. The Morgan fingerprint density at radius 2 is 1.93 bits per heavy atom. The summed E-state index contributed by atoms with van der Waals surface area (Å²) in [4.78, 5) is 8.09. The molecule has 0 fully saturated rings. The van der Waals surface area contributed by atoms with Crippen molar-refractivity contribution in [2.24, 2.45) is 0 Å². The fourth-order valence-corrected chi connectivity index (χ4v) is 0.855. The summed E-state index contributed by atoms with van der Waals surface area (Å²) in [6.45, 7) is 4.00. The fourth-order valence-electron chi connectivity index (χ4n) is 0.855. The molecule has 0 aliphatic heterocycles. The van der Waals surface area contributed by atoms with E-state index in [4.69, 9.17) is 0 Å². The number of fused-ring (bicyclic) bond motifs is 1. The first kappa shape index (κ1) is 13.7. The van der Waals surface area contributed by atoms with Gasteiger partial charge in [0.05, 0.1) is 0 Å². The molecule has 2 aromatic rings. The van der Waals surface area contributed by atoms with Gasteiger partial charge in [-0.25, -0.2) is 0 Å². The predicted octanol–water partition coefficient (Wildman–Crippen LogP) is 2.66. The first-order valence-corrected chi connectivity index (χ1v) is 4.20. The van der Waals surface area contributed by atoms with Crippen LogP contribution in [0.3, 0.4) is 0 Å². The summed E-state index contributed by atoms with van der Waals surface area (Å²) in [7, 11) is 0. The van der Waals surface area contributed by atoms with E-state index in [9.17, 15) is 0 Å². The molecule has 0 atom stereocenters. The van der Waals surface area contributed by atoms with Gasteiger partial charge >= 0.3 is 0 Å². The molecule has 1 radical (unpaired) electrons. The summed E-state index contributed by atoms with van der Waals surface area (Å²) in [6, 6.07) is 7.43. The first-order chi connectivity index (χ1) is 6.38. The van der Waals surface area contributed by atoms with E-state index in [-0.39, 0.29) is 32.7 Å². The van der Waals surface area contributed by atoms with Crippen LogP contribution in [-0.4, -0.2) is 9.97 Å². The van der Waals surface area contributed by atoms with Crippen LogP contribution in [0, 0.1) is 12.6 Å². The minimum Gasteiger partial charge on any atom is -0.385 e. The number of hydrogen-bond acceptors (Lipinski definition) is 2. The first-order valence-electron chi connectivity index (χ1n) is 4.20. The van der Waals surface area contributed by atoms with E-state index in [1.54, 1.807) is 12.3 Å². The molecular weight excluding hydrogens is 249 g/mol. The zero-order valence-corrected chi connectivity index (χ0v) is 11.3. The molecule has 0 aliphatic rings. The predicted molar refractivity (Wildman–Crippen MR) is 54.0 cm³/mol. The molecule has 3 heteroatoms. The van der Waals surface area contributed by atoms with Gasteiger partial charge in [0.1, 0.15) is 0 Å². The van der Waals surface area contributed by atoms with E-state index >= 15 is 0 Å². The van der Waals surface area contributed by atoms with Gasteiger partial charge in [-0.15, -0.1) is 6.07 Å². The van der Waals surface area contributed by atoms with Crippen LogP contribution >= 0.6 is 0 Å². The van der Waals surface area contributed by atoms with Crippen molar-refractivity contribution >= 4 is 11.0 Å². The SMILES string of the molecule is C[CH-]C.[Y].[c-]1ccc2ncccc2n1. The smallest absolute Gasteiger partial charge is 0.0240 e. The van der Waals surface area contributed by atoms with Crippen molar-refractivity contribution in [3.05, 3.63) is 43.1 Å². The molecule has 0 amide bonds. The van der Waals surface area contributed by atoms with E-state index < -0.39 is 0 Å². The molecule has 2 aromatic heterocycles.